The zero-order valence-corrected chi connectivity index (χ0v) is 16.3. The fourth-order valence-electron chi connectivity index (χ4n) is 4.35. The van der Waals surface area contributed by atoms with Crippen molar-refractivity contribution in [3.05, 3.63) is 59.7 Å². The average molecular weight is 420 g/mol. The molecule has 0 saturated carbocycles. The van der Waals surface area contributed by atoms with Crippen LogP contribution in [0, 0.1) is 11.8 Å². The number of H-pyrrole nitrogens is 2. The number of hydrogen-bond donors (Lipinski definition) is 2. The molecule has 2 aliphatic heterocycles. The molecule has 5 heterocycles. The molecule has 5 aliphatic rings. The molecular weight excluding hydrogens is 408 g/mol. The van der Waals surface area contributed by atoms with Crippen LogP contribution in [0.1, 0.15) is 23.3 Å². The lowest BCUT2D eigenvalue weighted by Gasteiger charge is -2.29. The summed E-state index contributed by atoms with van der Waals surface area (Å²) in [5, 5.41) is 0. The van der Waals surface area contributed by atoms with E-state index in [0.29, 0.717) is 57.0 Å². The van der Waals surface area contributed by atoms with E-state index >= 15 is 0 Å². The number of allylic oxidation sites excluding steroid dienone is 4. The van der Waals surface area contributed by atoms with Crippen LogP contribution in [0.2, 0.25) is 0 Å². The summed E-state index contributed by atoms with van der Waals surface area (Å²) in [6, 6.07) is 7.19. The first-order valence-corrected chi connectivity index (χ1v) is 9.98. The van der Waals surface area contributed by atoms with E-state index < -0.39 is 23.4 Å². The molecule has 3 aliphatic carbocycles. The van der Waals surface area contributed by atoms with E-state index in [-0.39, 0.29) is 0 Å². The second-order valence-corrected chi connectivity index (χ2v) is 7.72. The second kappa shape index (κ2) is 5.97. The molecule has 3 aromatic rings. The van der Waals surface area contributed by atoms with E-state index in [2.05, 4.69) is 39.9 Å². The summed E-state index contributed by atoms with van der Waals surface area (Å²) in [5.41, 5.74) is 3.60. The second-order valence-electron chi connectivity index (χ2n) is 7.72. The minimum atomic E-state index is -0.704. The molecule has 2 atom stereocenters. The van der Waals surface area contributed by atoms with Gasteiger partial charge in [0.05, 0.1) is 11.8 Å². The Bertz CT molecular complexity index is 1640. The number of fused-ring (bicyclic) bond motifs is 9. The van der Waals surface area contributed by atoms with Gasteiger partial charge in [0.2, 0.25) is 11.6 Å². The summed E-state index contributed by atoms with van der Waals surface area (Å²) in [5.74, 6) is -0.703. The highest BCUT2D eigenvalue weighted by atomic mass is 16.2. The molecule has 0 saturated heterocycles. The van der Waals surface area contributed by atoms with Gasteiger partial charge in [-0.05, 0) is 36.4 Å². The van der Waals surface area contributed by atoms with E-state index in [0.717, 1.165) is 0 Å². The summed E-state index contributed by atoms with van der Waals surface area (Å²) >= 11 is 0. The third-order valence-electron chi connectivity index (χ3n) is 5.75. The van der Waals surface area contributed by atoms with Gasteiger partial charge < -0.3 is 9.97 Å². The Balaban J connectivity index is 1.57. The normalized spacial score (nSPS) is 20.9. The zero-order valence-electron chi connectivity index (χ0n) is 16.3. The average Bonchev–Trinajstić information content (AvgIpc) is 3.56. The lowest BCUT2D eigenvalue weighted by Crippen LogP contribution is -2.38. The highest BCUT2D eigenvalue weighted by Gasteiger charge is 2.48. The van der Waals surface area contributed by atoms with Crippen LogP contribution in [0.15, 0.2) is 36.4 Å². The van der Waals surface area contributed by atoms with Crippen LogP contribution in [0.4, 0.5) is 0 Å². The third-order valence-corrected chi connectivity index (χ3v) is 5.75. The van der Waals surface area contributed by atoms with Crippen molar-refractivity contribution >= 4 is 57.5 Å². The van der Waals surface area contributed by atoms with Crippen molar-refractivity contribution in [1.82, 2.24) is 39.9 Å². The molecule has 0 radical (unpaired) electrons. The van der Waals surface area contributed by atoms with E-state index in [9.17, 15) is 9.59 Å². The Labute approximate surface area is 178 Å². The molecule has 8 rings (SSSR count). The Hall–Kier alpha value is -4.60. The van der Waals surface area contributed by atoms with Gasteiger partial charge in [0.15, 0.2) is 23.3 Å². The number of hydrogen-bond acceptors (Lipinski definition) is 8. The van der Waals surface area contributed by atoms with Crippen LogP contribution in [0.3, 0.4) is 0 Å². The van der Waals surface area contributed by atoms with Gasteiger partial charge in [-0.3, -0.25) is 9.59 Å². The number of Topliss-reactive ketones (excluding diaryl/α,β-unsaturated/α-hetero) is 2. The van der Waals surface area contributed by atoms with Crippen LogP contribution in [0.5, 0.6) is 0 Å². The molecule has 3 aromatic heterocycles. The number of rotatable bonds is 0. The highest BCUT2D eigenvalue weighted by Crippen LogP contribution is 2.47. The molecule has 0 amide bonds. The minimum Gasteiger partial charge on any atom is -0.325 e. The Morgan fingerprint density at radius 1 is 0.562 bits per heavy atom. The summed E-state index contributed by atoms with van der Waals surface area (Å²) in [4.78, 5) is 58.6. The maximum atomic E-state index is 12.6. The number of ketones is 2. The van der Waals surface area contributed by atoms with Crippen molar-refractivity contribution in [3.8, 4) is 0 Å². The molecular formula is C22H12N8O2. The summed E-state index contributed by atoms with van der Waals surface area (Å²) in [6.07, 6.45) is 6.97. The number of carbonyl (C=O) groups is 2. The van der Waals surface area contributed by atoms with Crippen LogP contribution in [0.25, 0.3) is 45.9 Å². The van der Waals surface area contributed by atoms with Crippen LogP contribution >= 0.6 is 0 Å². The fraction of sp³-hybridized carbons (Fsp3) is 0.0909. The number of aromatic amines is 2. The molecule has 10 heteroatoms. The number of aromatic nitrogens is 8. The number of nitrogens with zero attached hydrogens (tertiary/aromatic N) is 6. The fourth-order valence-corrected chi connectivity index (χ4v) is 4.35. The van der Waals surface area contributed by atoms with Crippen molar-refractivity contribution in [3.63, 3.8) is 0 Å². The van der Waals surface area contributed by atoms with Gasteiger partial charge in [0, 0.05) is 11.1 Å². The van der Waals surface area contributed by atoms with Gasteiger partial charge in [-0.1, -0.05) is 12.2 Å². The Kier molecular flexibility index (Phi) is 3.20. The monoisotopic (exact) mass is 420 g/mol. The molecule has 10 nitrogen and oxygen atoms in total. The van der Waals surface area contributed by atoms with Crippen molar-refractivity contribution < 1.29 is 9.59 Å². The van der Waals surface area contributed by atoms with Gasteiger partial charge in [-0.2, -0.15) is 0 Å². The van der Waals surface area contributed by atoms with Crippen molar-refractivity contribution in [2.75, 3.05) is 0 Å². The molecule has 152 valence electrons. The lowest BCUT2D eigenvalue weighted by molar-refractivity contribution is -0.138. The molecule has 0 spiro atoms. The topological polar surface area (TPSA) is 143 Å². The first kappa shape index (κ1) is 17.1. The molecule has 0 aromatic carbocycles. The maximum Gasteiger partial charge on any atom is 0.210 e. The smallest absolute Gasteiger partial charge is 0.210 e. The predicted molar refractivity (Wildman–Crippen MR) is 114 cm³/mol. The molecule has 1 unspecified atom stereocenters. The van der Waals surface area contributed by atoms with Crippen molar-refractivity contribution in [2.24, 2.45) is 11.8 Å². The maximum absolute atomic E-state index is 12.6. The standard InChI is InChI=1S/C22H12N8O2/c31-19-9-1-2-10(20(19)32)18-17(9)21-28-15-7-5-13(26-15)24-11-3-4-12(23-11)25-14-6-8-16(27-14)29-22(18)30-21/h1-10H,(H2,23,24,25,26,27,28,29,30)/t9-,10?/m0/s1. The minimum absolute atomic E-state index is 0.342. The molecule has 2 N–H and O–H groups in total. The highest BCUT2D eigenvalue weighted by molar-refractivity contribution is 6.47. The lowest BCUT2D eigenvalue weighted by atomic mass is 9.70. The van der Waals surface area contributed by atoms with E-state index in [4.69, 9.17) is 0 Å². The molecule has 0 fully saturated rings. The quantitative estimate of drug-likeness (QED) is 0.324. The first-order valence-electron chi connectivity index (χ1n) is 9.98. The first-order chi connectivity index (χ1) is 15.6. The van der Waals surface area contributed by atoms with E-state index in [1.54, 1.807) is 36.4 Å². The molecule has 10 bridgehead atoms. The van der Waals surface area contributed by atoms with Crippen LogP contribution in [-0.2, 0) is 9.59 Å². The van der Waals surface area contributed by atoms with Gasteiger partial charge in [-0.25, -0.2) is 29.9 Å². The predicted octanol–water partition coefficient (Wildman–Crippen LogP) is 1.93. The van der Waals surface area contributed by atoms with Gasteiger partial charge in [0.25, 0.3) is 0 Å². The van der Waals surface area contributed by atoms with E-state index in [1.807, 2.05) is 12.1 Å². The van der Waals surface area contributed by atoms with Crippen LogP contribution < -0.4 is 0 Å². The zero-order chi connectivity index (χ0) is 21.4. The molecule has 32 heavy (non-hydrogen) atoms. The number of nitrogens with one attached hydrogen (secondary N) is 2. The largest absolute Gasteiger partial charge is 0.325 e. The summed E-state index contributed by atoms with van der Waals surface area (Å²) in [7, 11) is 0. The SMILES string of the molecule is O=C1C(=O)[C@H]2C=CC1C1=C2c2nc1nc1nc(nc3ccc(nc4ccc(n2)[nH]4)[nH]3)C=C1. The van der Waals surface area contributed by atoms with Gasteiger partial charge in [0.1, 0.15) is 22.6 Å². The third kappa shape index (κ3) is 2.40. The summed E-state index contributed by atoms with van der Waals surface area (Å²) in [6.45, 7) is 0. The van der Waals surface area contributed by atoms with Crippen LogP contribution in [-0.4, -0.2) is 51.4 Å². The number of carbonyl (C=O) groups excluding carboxylic acids is 2. The van der Waals surface area contributed by atoms with Crippen molar-refractivity contribution in [1.29, 1.82) is 0 Å². The Morgan fingerprint density at radius 2 is 1.06 bits per heavy atom. The van der Waals surface area contributed by atoms with Gasteiger partial charge >= 0.3 is 0 Å². The van der Waals surface area contributed by atoms with Crippen molar-refractivity contribution in [2.45, 2.75) is 0 Å². The van der Waals surface area contributed by atoms with Gasteiger partial charge in [-0.15, -0.1) is 0 Å². The van der Waals surface area contributed by atoms with E-state index in [1.165, 1.54) is 0 Å². The summed E-state index contributed by atoms with van der Waals surface area (Å²) < 4.78 is 0. The Morgan fingerprint density at radius 3 is 1.69 bits per heavy atom.